The zero-order chi connectivity index (χ0) is 19.1. The van der Waals surface area contributed by atoms with Crippen LogP contribution in [0, 0.1) is 5.82 Å². The molecule has 0 bridgehead atoms. The van der Waals surface area contributed by atoms with E-state index in [4.69, 9.17) is 16.6 Å². The summed E-state index contributed by atoms with van der Waals surface area (Å²) < 4.78 is 17.9. The number of amides is 1. The van der Waals surface area contributed by atoms with Crippen molar-refractivity contribution in [3.63, 3.8) is 0 Å². The van der Waals surface area contributed by atoms with Gasteiger partial charge in [0.25, 0.3) is 5.91 Å². The molecular formula is C20H18FN3O2S. The number of anilines is 2. The van der Waals surface area contributed by atoms with Gasteiger partial charge in [-0.1, -0.05) is 12.1 Å². The molecule has 1 amide bonds. The summed E-state index contributed by atoms with van der Waals surface area (Å²) in [7, 11) is 0. The topological polar surface area (TPSA) is 66.3 Å². The van der Waals surface area contributed by atoms with Gasteiger partial charge in [0, 0.05) is 17.9 Å². The zero-order valence-corrected chi connectivity index (χ0v) is 15.2. The highest BCUT2D eigenvalue weighted by atomic mass is 32.1. The second-order valence-corrected chi connectivity index (χ2v) is 6.17. The van der Waals surface area contributed by atoms with Crippen molar-refractivity contribution in [2.75, 3.05) is 17.2 Å². The van der Waals surface area contributed by atoms with Crippen molar-refractivity contribution in [3.05, 3.63) is 84.1 Å². The van der Waals surface area contributed by atoms with Gasteiger partial charge in [0.1, 0.15) is 5.82 Å². The van der Waals surface area contributed by atoms with Crippen LogP contribution < -0.4 is 16.0 Å². The van der Waals surface area contributed by atoms with Crippen LogP contribution in [-0.2, 0) is 6.42 Å². The van der Waals surface area contributed by atoms with Crippen LogP contribution >= 0.6 is 12.2 Å². The molecule has 0 atom stereocenters. The van der Waals surface area contributed by atoms with Gasteiger partial charge < -0.3 is 20.4 Å². The molecule has 0 fully saturated rings. The summed E-state index contributed by atoms with van der Waals surface area (Å²) in [6.45, 7) is 0.634. The number of hydrogen-bond donors (Lipinski definition) is 3. The van der Waals surface area contributed by atoms with Crippen molar-refractivity contribution >= 4 is 34.6 Å². The van der Waals surface area contributed by atoms with E-state index in [1.165, 1.54) is 18.4 Å². The van der Waals surface area contributed by atoms with Gasteiger partial charge in [-0.3, -0.25) is 4.79 Å². The fraction of sp³-hybridized carbons (Fsp3) is 0.100. The second kappa shape index (κ2) is 8.95. The van der Waals surface area contributed by atoms with Gasteiger partial charge in [0.2, 0.25) is 0 Å². The lowest BCUT2D eigenvalue weighted by Gasteiger charge is -2.11. The van der Waals surface area contributed by atoms with E-state index in [2.05, 4.69) is 16.0 Å². The Labute approximate surface area is 161 Å². The molecule has 0 saturated heterocycles. The monoisotopic (exact) mass is 383 g/mol. The predicted octanol–water partition coefficient (Wildman–Crippen LogP) is 4.20. The van der Waals surface area contributed by atoms with Crippen LogP contribution in [0.5, 0.6) is 0 Å². The lowest BCUT2D eigenvalue weighted by Crippen LogP contribution is -2.30. The Kier molecular flexibility index (Phi) is 6.17. The van der Waals surface area contributed by atoms with Crippen LogP contribution in [0.25, 0.3) is 0 Å². The molecule has 0 aliphatic rings. The zero-order valence-electron chi connectivity index (χ0n) is 14.4. The molecule has 0 aliphatic heterocycles. The Morgan fingerprint density at radius 2 is 1.63 bits per heavy atom. The van der Waals surface area contributed by atoms with Gasteiger partial charge in [0.15, 0.2) is 10.9 Å². The van der Waals surface area contributed by atoms with Crippen LogP contribution in [0.3, 0.4) is 0 Å². The van der Waals surface area contributed by atoms with E-state index < -0.39 is 0 Å². The van der Waals surface area contributed by atoms with Crippen molar-refractivity contribution in [1.29, 1.82) is 0 Å². The van der Waals surface area contributed by atoms with Gasteiger partial charge >= 0.3 is 0 Å². The largest absolute Gasteiger partial charge is 0.459 e. The summed E-state index contributed by atoms with van der Waals surface area (Å²) >= 11 is 5.26. The first kappa shape index (κ1) is 18.6. The Morgan fingerprint density at radius 3 is 2.26 bits per heavy atom. The summed E-state index contributed by atoms with van der Waals surface area (Å²) in [5.74, 6) is -0.296. The van der Waals surface area contributed by atoms with E-state index >= 15 is 0 Å². The van der Waals surface area contributed by atoms with E-state index in [1.807, 2.05) is 12.1 Å². The van der Waals surface area contributed by atoms with Crippen LogP contribution in [0.15, 0.2) is 71.3 Å². The quantitative estimate of drug-likeness (QED) is 0.557. The summed E-state index contributed by atoms with van der Waals surface area (Å²) in [4.78, 5) is 11.9. The standard InChI is InChI=1S/C20H18FN3O2S/c21-15-5-3-14(4-6-15)11-12-22-20(27)24-17-9-7-16(8-10-17)23-19(25)18-2-1-13-26-18/h1-10,13H,11-12H2,(H,23,25)(H2,22,24,27). The van der Waals surface area contributed by atoms with E-state index in [9.17, 15) is 9.18 Å². The molecule has 1 heterocycles. The van der Waals surface area contributed by atoms with E-state index in [0.29, 0.717) is 17.3 Å². The number of halogens is 1. The van der Waals surface area contributed by atoms with Gasteiger partial charge in [-0.2, -0.15) is 0 Å². The van der Waals surface area contributed by atoms with Gasteiger partial charge in [0.05, 0.1) is 6.26 Å². The summed E-state index contributed by atoms with van der Waals surface area (Å²) in [6, 6.07) is 16.8. The Balaban J connectivity index is 1.44. The molecule has 0 unspecified atom stereocenters. The number of carbonyl (C=O) groups excluding carboxylic acids is 1. The number of benzene rings is 2. The average molecular weight is 383 g/mol. The van der Waals surface area contributed by atoms with Crippen molar-refractivity contribution in [2.24, 2.45) is 0 Å². The molecular weight excluding hydrogens is 365 g/mol. The van der Waals surface area contributed by atoms with E-state index in [-0.39, 0.29) is 17.5 Å². The van der Waals surface area contributed by atoms with Gasteiger partial charge in [-0.05, 0) is 72.7 Å². The molecule has 2 aromatic carbocycles. The van der Waals surface area contributed by atoms with Crippen LogP contribution in [0.1, 0.15) is 16.1 Å². The minimum absolute atomic E-state index is 0.243. The fourth-order valence-electron chi connectivity index (χ4n) is 2.38. The van der Waals surface area contributed by atoms with Crippen LogP contribution in [0.2, 0.25) is 0 Å². The first-order valence-corrected chi connectivity index (χ1v) is 8.75. The molecule has 0 saturated carbocycles. The predicted molar refractivity (Wildman–Crippen MR) is 107 cm³/mol. The minimum Gasteiger partial charge on any atom is -0.459 e. The molecule has 3 aromatic rings. The Morgan fingerprint density at radius 1 is 0.963 bits per heavy atom. The first-order valence-electron chi connectivity index (χ1n) is 8.34. The highest BCUT2D eigenvalue weighted by Crippen LogP contribution is 2.15. The molecule has 0 spiro atoms. The molecule has 0 radical (unpaired) electrons. The van der Waals surface area contributed by atoms with Crippen molar-refractivity contribution in [2.45, 2.75) is 6.42 Å². The molecule has 7 heteroatoms. The van der Waals surface area contributed by atoms with E-state index in [0.717, 1.165) is 17.7 Å². The number of thiocarbonyl (C=S) groups is 1. The van der Waals surface area contributed by atoms with Gasteiger partial charge in [-0.25, -0.2) is 4.39 Å². The molecule has 138 valence electrons. The van der Waals surface area contributed by atoms with Gasteiger partial charge in [-0.15, -0.1) is 0 Å². The molecule has 0 aliphatic carbocycles. The lowest BCUT2D eigenvalue weighted by molar-refractivity contribution is 0.0996. The van der Waals surface area contributed by atoms with Crippen LogP contribution in [-0.4, -0.2) is 17.6 Å². The number of furan rings is 1. The normalized spacial score (nSPS) is 10.3. The maximum Gasteiger partial charge on any atom is 0.291 e. The van der Waals surface area contributed by atoms with Crippen molar-refractivity contribution in [1.82, 2.24) is 5.32 Å². The SMILES string of the molecule is O=C(Nc1ccc(NC(=S)NCCc2ccc(F)cc2)cc1)c1ccco1. The molecule has 27 heavy (non-hydrogen) atoms. The highest BCUT2D eigenvalue weighted by Gasteiger charge is 2.08. The molecule has 1 aromatic heterocycles. The molecule has 3 rings (SSSR count). The maximum atomic E-state index is 12.9. The molecule has 5 nitrogen and oxygen atoms in total. The van der Waals surface area contributed by atoms with Crippen molar-refractivity contribution in [3.8, 4) is 0 Å². The summed E-state index contributed by atoms with van der Waals surface area (Å²) in [5.41, 5.74) is 2.48. The molecule has 3 N–H and O–H groups in total. The summed E-state index contributed by atoms with van der Waals surface area (Å²) in [5, 5.41) is 9.41. The Hall–Kier alpha value is -3.19. The third-order valence-corrected chi connectivity index (χ3v) is 4.00. The van der Waals surface area contributed by atoms with Crippen molar-refractivity contribution < 1.29 is 13.6 Å². The maximum absolute atomic E-state index is 12.9. The third-order valence-electron chi connectivity index (χ3n) is 3.76. The third kappa shape index (κ3) is 5.65. The number of rotatable bonds is 6. The Bertz CT molecular complexity index is 894. The lowest BCUT2D eigenvalue weighted by atomic mass is 10.1. The van der Waals surface area contributed by atoms with E-state index in [1.54, 1.807) is 36.4 Å². The number of carbonyl (C=O) groups is 1. The fourth-order valence-corrected chi connectivity index (χ4v) is 2.60. The average Bonchev–Trinajstić information content (AvgIpc) is 3.20. The first-order chi connectivity index (χ1) is 13.1. The number of nitrogens with one attached hydrogen (secondary N) is 3. The highest BCUT2D eigenvalue weighted by molar-refractivity contribution is 7.80. The second-order valence-electron chi connectivity index (χ2n) is 5.77. The smallest absolute Gasteiger partial charge is 0.291 e. The van der Waals surface area contributed by atoms with Crippen LogP contribution in [0.4, 0.5) is 15.8 Å². The minimum atomic E-state index is -0.307. The summed E-state index contributed by atoms with van der Waals surface area (Å²) in [6.07, 6.45) is 2.19. The number of hydrogen-bond acceptors (Lipinski definition) is 3.